The molecule has 1 atom stereocenters. The van der Waals surface area contributed by atoms with Crippen LogP contribution in [0.5, 0.6) is 0 Å². The number of esters is 3. The molecule has 0 aromatic heterocycles. The lowest BCUT2D eigenvalue weighted by Gasteiger charge is -2.18. The minimum atomic E-state index is -0.761. The average Bonchev–Trinajstić information content (AvgIpc) is 3.14. The summed E-state index contributed by atoms with van der Waals surface area (Å²) in [4.78, 5) is 37.7. The Kier molecular flexibility index (Phi) is 39.8. The number of carbonyl (C=O) groups excluding carboxylic acids is 3. The van der Waals surface area contributed by atoms with Crippen LogP contribution in [0.1, 0.15) is 259 Å². The number of rotatable bonds is 42. The van der Waals surface area contributed by atoms with Gasteiger partial charge in [-0.3, -0.25) is 14.4 Å². The Labute approximate surface area is 336 Å². The fourth-order valence-electron chi connectivity index (χ4n) is 7.11. The van der Waals surface area contributed by atoms with Gasteiger partial charge in [0, 0.05) is 19.3 Å². The molecule has 6 heteroatoms. The average molecular weight is 765 g/mol. The number of hydrogen-bond acceptors (Lipinski definition) is 6. The first-order valence-corrected chi connectivity index (χ1v) is 23.7. The van der Waals surface area contributed by atoms with Crippen molar-refractivity contribution in [2.45, 2.75) is 265 Å². The molecule has 0 heterocycles. The van der Waals surface area contributed by atoms with Gasteiger partial charge < -0.3 is 14.2 Å². The van der Waals surface area contributed by atoms with E-state index in [2.05, 4.69) is 34.6 Å². The first kappa shape index (κ1) is 52.4. The molecule has 0 rings (SSSR count). The van der Waals surface area contributed by atoms with Crippen LogP contribution in [0.3, 0.4) is 0 Å². The summed E-state index contributed by atoms with van der Waals surface area (Å²) in [5.41, 5.74) is 0. The van der Waals surface area contributed by atoms with Gasteiger partial charge in [-0.1, -0.05) is 221 Å². The van der Waals surface area contributed by atoms with E-state index in [1.807, 2.05) is 0 Å². The number of ether oxygens (including phenoxy) is 3. The molecule has 320 valence electrons. The van der Waals surface area contributed by atoms with Crippen molar-refractivity contribution < 1.29 is 28.6 Å². The fourth-order valence-corrected chi connectivity index (χ4v) is 7.11. The molecule has 0 aromatic carbocycles. The third kappa shape index (κ3) is 41.6. The molecule has 0 radical (unpaired) electrons. The van der Waals surface area contributed by atoms with Gasteiger partial charge in [0.05, 0.1) is 0 Å². The maximum absolute atomic E-state index is 12.7. The summed E-state index contributed by atoms with van der Waals surface area (Å²) >= 11 is 0. The molecule has 0 saturated heterocycles. The van der Waals surface area contributed by atoms with Gasteiger partial charge in [-0.25, -0.2) is 0 Å². The standard InChI is InChI=1S/C48H92O6/c1-6-7-8-9-10-11-12-13-14-15-20-23-30-35-40-48(51)54-45(42-53-47(50)39-34-29-25-24-27-32-37-44(4)5)41-52-46(49)38-33-28-22-19-17-16-18-21-26-31-36-43(2)3/h43-45H,6-42H2,1-5H3/t45-/m0/s1. The van der Waals surface area contributed by atoms with E-state index in [1.54, 1.807) is 0 Å². The molecule has 54 heavy (non-hydrogen) atoms. The number of hydrogen-bond donors (Lipinski definition) is 0. The van der Waals surface area contributed by atoms with E-state index in [4.69, 9.17) is 14.2 Å². The van der Waals surface area contributed by atoms with Gasteiger partial charge in [0.1, 0.15) is 13.2 Å². The van der Waals surface area contributed by atoms with Crippen LogP contribution in [0.15, 0.2) is 0 Å². The SMILES string of the molecule is CCCCCCCCCCCCCCCCC(=O)O[C@@H](COC(=O)CCCCCCCCCCCCC(C)C)COC(=O)CCCCCCCCC(C)C. The molecule has 0 N–H and O–H groups in total. The molecule has 0 unspecified atom stereocenters. The highest BCUT2D eigenvalue weighted by atomic mass is 16.6. The molecule has 0 fully saturated rings. The van der Waals surface area contributed by atoms with Crippen molar-refractivity contribution in [2.75, 3.05) is 13.2 Å². The maximum atomic E-state index is 12.7. The zero-order valence-electron chi connectivity index (χ0n) is 36.8. The van der Waals surface area contributed by atoms with Gasteiger partial charge in [-0.15, -0.1) is 0 Å². The van der Waals surface area contributed by atoms with Gasteiger partial charge in [0.15, 0.2) is 6.10 Å². The normalized spacial score (nSPS) is 12.1. The van der Waals surface area contributed by atoms with Crippen molar-refractivity contribution in [1.29, 1.82) is 0 Å². The molecule has 0 amide bonds. The summed E-state index contributed by atoms with van der Waals surface area (Å²) in [6.07, 6.45) is 39.6. The Balaban J connectivity index is 4.31. The molecule has 0 aliphatic carbocycles. The molecule has 0 saturated carbocycles. The zero-order chi connectivity index (χ0) is 39.7. The van der Waals surface area contributed by atoms with Crippen LogP contribution in [-0.2, 0) is 28.6 Å². The molecule has 0 aliphatic rings. The van der Waals surface area contributed by atoms with Gasteiger partial charge in [0.2, 0.25) is 0 Å². The van der Waals surface area contributed by atoms with E-state index in [1.165, 1.54) is 148 Å². The number of carbonyl (C=O) groups is 3. The molecular formula is C48H92O6. The summed E-state index contributed by atoms with van der Waals surface area (Å²) in [5, 5.41) is 0. The van der Waals surface area contributed by atoms with Crippen LogP contribution >= 0.6 is 0 Å². The van der Waals surface area contributed by atoms with E-state index in [9.17, 15) is 14.4 Å². The lowest BCUT2D eigenvalue weighted by atomic mass is 10.0. The Morgan fingerprint density at radius 3 is 0.907 bits per heavy atom. The Morgan fingerprint density at radius 1 is 0.352 bits per heavy atom. The lowest BCUT2D eigenvalue weighted by molar-refractivity contribution is -0.167. The molecule has 0 bridgehead atoms. The van der Waals surface area contributed by atoms with E-state index in [-0.39, 0.29) is 31.1 Å². The van der Waals surface area contributed by atoms with E-state index >= 15 is 0 Å². The minimum Gasteiger partial charge on any atom is -0.462 e. The van der Waals surface area contributed by atoms with Crippen LogP contribution in [0.25, 0.3) is 0 Å². The first-order chi connectivity index (χ1) is 26.2. The smallest absolute Gasteiger partial charge is 0.306 e. The predicted octanol–water partition coefficient (Wildman–Crippen LogP) is 15.0. The van der Waals surface area contributed by atoms with E-state index in [0.717, 1.165) is 69.6 Å². The van der Waals surface area contributed by atoms with Crippen molar-refractivity contribution >= 4 is 17.9 Å². The Morgan fingerprint density at radius 2 is 0.611 bits per heavy atom. The summed E-state index contributed by atoms with van der Waals surface area (Å²) in [7, 11) is 0. The van der Waals surface area contributed by atoms with Gasteiger partial charge in [-0.2, -0.15) is 0 Å². The Hall–Kier alpha value is -1.59. The third-order valence-corrected chi connectivity index (χ3v) is 10.7. The second kappa shape index (κ2) is 41.1. The molecule has 0 aromatic rings. The summed E-state index contributed by atoms with van der Waals surface area (Å²) in [5.74, 6) is 0.723. The molecular weight excluding hydrogens is 673 g/mol. The van der Waals surface area contributed by atoms with Crippen LogP contribution in [0.4, 0.5) is 0 Å². The van der Waals surface area contributed by atoms with Crippen molar-refractivity contribution in [3.63, 3.8) is 0 Å². The zero-order valence-corrected chi connectivity index (χ0v) is 36.8. The highest BCUT2D eigenvalue weighted by Crippen LogP contribution is 2.17. The van der Waals surface area contributed by atoms with Crippen molar-refractivity contribution in [3.05, 3.63) is 0 Å². The van der Waals surface area contributed by atoms with Crippen molar-refractivity contribution in [2.24, 2.45) is 11.8 Å². The highest BCUT2D eigenvalue weighted by molar-refractivity contribution is 5.71. The van der Waals surface area contributed by atoms with Crippen LogP contribution in [0, 0.1) is 11.8 Å². The van der Waals surface area contributed by atoms with Crippen LogP contribution in [0.2, 0.25) is 0 Å². The molecule has 6 nitrogen and oxygen atoms in total. The fraction of sp³-hybridized carbons (Fsp3) is 0.938. The van der Waals surface area contributed by atoms with E-state index < -0.39 is 6.10 Å². The third-order valence-electron chi connectivity index (χ3n) is 10.7. The van der Waals surface area contributed by atoms with Crippen molar-refractivity contribution in [1.82, 2.24) is 0 Å². The summed E-state index contributed by atoms with van der Waals surface area (Å²) in [6, 6.07) is 0. The summed E-state index contributed by atoms with van der Waals surface area (Å²) < 4.78 is 16.7. The predicted molar refractivity (Wildman–Crippen MR) is 229 cm³/mol. The molecule has 0 spiro atoms. The van der Waals surface area contributed by atoms with Crippen LogP contribution < -0.4 is 0 Å². The monoisotopic (exact) mass is 765 g/mol. The number of unbranched alkanes of at least 4 members (excludes halogenated alkanes) is 27. The summed E-state index contributed by atoms with van der Waals surface area (Å²) in [6.45, 7) is 11.3. The topological polar surface area (TPSA) is 78.9 Å². The highest BCUT2D eigenvalue weighted by Gasteiger charge is 2.19. The Bertz CT molecular complexity index is 824. The van der Waals surface area contributed by atoms with E-state index in [0.29, 0.717) is 19.3 Å². The van der Waals surface area contributed by atoms with Crippen LogP contribution in [-0.4, -0.2) is 37.2 Å². The minimum absolute atomic E-state index is 0.0653. The largest absolute Gasteiger partial charge is 0.462 e. The second-order valence-corrected chi connectivity index (χ2v) is 17.3. The maximum Gasteiger partial charge on any atom is 0.306 e. The first-order valence-electron chi connectivity index (χ1n) is 23.7. The van der Waals surface area contributed by atoms with Crippen molar-refractivity contribution in [3.8, 4) is 0 Å². The second-order valence-electron chi connectivity index (χ2n) is 17.3. The quantitative estimate of drug-likeness (QED) is 0.0350. The lowest BCUT2D eigenvalue weighted by Crippen LogP contribution is -2.30. The van der Waals surface area contributed by atoms with Gasteiger partial charge >= 0.3 is 17.9 Å². The molecule has 0 aliphatic heterocycles. The van der Waals surface area contributed by atoms with Gasteiger partial charge in [0.25, 0.3) is 0 Å². The van der Waals surface area contributed by atoms with Gasteiger partial charge in [-0.05, 0) is 31.1 Å².